The topological polar surface area (TPSA) is 121 Å². The second-order valence-corrected chi connectivity index (χ2v) is 6.74. The van der Waals surface area contributed by atoms with Crippen molar-refractivity contribution in [3.8, 4) is 11.5 Å². The number of anilines is 1. The number of amides is 1. The van der Waals surface area contributed by atoms with Crippen LogP contribution in [0.2, 0.25) is 10.0 Å². The van der Waals surface area contributed by atoms with Crippen LogP contribution in [0.25, 0.3) is 10.2 Å². The smallest absolute Gasteiger partial charge is 0.271 e. The largest absolute Gasteiger partial charge is 0.506 e. The van der Waals surface area contributed by atoms with Crippen LogP contribution in [-0.4, -0.2) is 27.3 Å². The van der Waals surface area contributed by atoms with Gasteiger partial charge in [-0.05, 0) is 24.3 Å². The Balaban J connectivity index is 1.78. The number of hydrogen-bond acceptors (Lipinski definition) is 7. The number of hydrazone groups is 1. The fourth-order valence-electron chi connectivity index (χ4n) is 2.02. The molecule has 3 rings (SSSR count). The highest BCUT2D eigenvalue weighted by Gasteiger charge is 2.14. The average Bonchev–Trinajstić information content (AvgIpc) is 2.96. The number of rotatable bonds is 3. The van der Waals surface area contributed by atoms with Gasteiger partial charge in [0.25, 0.3) is 5.91 Å². The van der Waals surface area contributed by atoms with Crippen LogP contribution in [0.3, 0.4) is 0 Å². The fourth-order valence-corrected chi connectivity index (χ4v) is 3.27. The van der Waals surface area contributed by atoms with Gasteiger partial charge < -0.3 is 15.9 Å². The first-order valence-electron chi connectivity index (χ1n) is 6.76. The van der Waals surface area contributed by atoms with E-state index in [0.29, 0.717) is 16.2 Å². The number of nitrogen functional groups attached to an aromatic ring is 1. The van der Waals surface area contributed by atoms with Gasteiger partial charge in [0, 0.05) is 11.1 Å². The first-order chi connectivity index (χ1) is 11.9. The standard InChI is InChI=1S/C15H10Cl2N4O3S/c16-8-3-7(12(22)11(17)13(8)23)5-19-21-14(24)6-1-2-9-10(4-6)25-15(18)20-9/h1-5,22-23H,(H2,18,20)(H,21,24)/b19-5-. The van der Waals surface area contributed by atoms with Gasteiger partial charge in [-0.2, -0.15) is 5.10 Å². The third kappa shape index (κ3) is 3.46. The molecule has 1 amide bonds. The highest BCUT2D eigenvalue weighted by atomic mass is 35.5. The van der Waals surface area contributed by atoms with Crippen LogP contribution in [0.5, 0.6) is 11.5 Å². The Bertz CT molecular complexity index is 1020. The van der Waals surface area contributed by atoms with E-state index < -0.39 is 17.4 Å². The maximum Gasteiger partial charge on any atom is 0.271 e. The van der Waals surface area contributed by atoms with Gasteiger partial charge in [-0.1, -0.05) is 34.5 Å². The number of nitrogens with two attached hydrogens (primary N) is 1. The minimum absolute atomic E-state index is 0.0520. The monoisotopic (exact) mass is 396 g/mol. The molecule has 0 unspecified atom stereocenters. The van der Waals surface area contributed by atoms with Gasteiger partial charge in [0.15, 0.2) is 10.9 Å². The number of halogens is 2. The van der Waals surface area contributed by atoms with Crippen molar-refractivity contribution in [2.24, 2.45) is 5.10 Å². The highest BCUT2D eigenvalue weighted by molar-refractivity contribution is 7.22. The van der Waals surface area contributed by atoms with Crippen LogP contribution in [0.15, 0.2) is 29.4 Å². The van der Waals surface area contributed by atoms with E-state index in [1.807, 2.05) is 0 Å². The molecule has 7 nitrogen and oxygen atoms in total. The lowest BCUT2D eigenvalue weighted by Gasteiger charge is -2.05. The van der Waals surface area contributed by atoms with Crippen LogP contribution in [0.1, 0.15) is 15.9 Å². The van der Waals surface area contributed by atoms with Crippen molar-refractivity contribution in [2.75, 3.05) is 5.73 Å². The number of hydrogen-bond donors (Lipinski definition) is 4. The number of carbonyl (C=O) groups excluding carboxylic acids is 1. The molecule has 3 aromatic rings. The van der Waals surface area contributed by atoms with E-state index in [1.165, 1.54) is 17.4 Å². The van der Waals surface area contributed by atoms with Crippen LogP contribution in [0, 0.1) is 0 Å². The second kappa shape index (κ2) is 6.75. The molecule has 0 spiro atoms. The summed E-state index contributed by atoms with van der Waals surface area (Å²) >= 11 is 12.8. The number of phenols is 2. The summed E-state index contributed by atoms with van der Waals surface area (Å²) in [6, 6.07) is 6.20. The number of aromatic nitrogens is 1. The Morgan fingerprint density at radius 2 is 2.04 bits per heavy atom. The molecule has 1 heterocycles. The molecule has 0 bridgehead atoms. The van der Waals surface area contributed by atoms with Crippen LogP contribution in [-0.2, 0) is 0 Å². The van der Waals surface area contributed by atoms with Crippen LogP contribution < -0.4 is 11.2 Å². The summed E-state index contributed by atoms with van der Waals surface area (Å²) in [6.07, 6.45) is 1.16. The molecule has 1 aromatic heterocycles. The molecule has 0 aliphatic carbocycles. The molecule has 0 saturated heterocycles. The number of nitrogens with zero attached hydrogens (tertiary/aromatic N) is 2. The summed E-state index contributed by atoms with van der Waals surface area (Å²) in [5.74, 6) is -1.29. The molecule has 10 heteroatoms. The van der Waals surface area contributed by atoms with E-state index in [4.69, 9.17) is 28.9 Å². The third-order valence-corrected chi connectivity index (χ3v) is 4.73. The van der Waals surface area contributed by atoms with Gasteiger partial charge in [-0.25, -0.2) is 10.4 Å². The number of carbonyl (C=O) groups is 1. The molecule has 0 radical (unpaired) electrons. The predicted molar refractivity (Wildman–Crippen MR) is 98.9 cm³/mol. The second-order valence-electron chi connectivity index (χ2n) is 4.89. The number of benzene rings is 2. The first-order valence-corrected chi connectivity index (χ1v) is 8.33. The number of thiazole rings is 1. The lowest BCUT2D eigenvalue weighted by Crippen LogP contribution is -2.17. The van der Waals surface area contributed by atoms with Crippen molar-refractivity contribution in [3.63, 3.8) is 0 Å². The average molecular weight is 397 g/mol. The van der Waals surface area contributed by atoms with Crippen molar-refractivity contribution in [1.29, 1.82) is 0 Å². The Hall–Kier alpha value is -2.55. The number of nitrogens with one attached hydrogen (secondary N) is 1. The van der Waals surface area contributed by atoms with Crippen molar-refractivity contribution < 1.29 is 15.0 Å². The summed E-state index contributed by atoms with van der Waals surface area (Å²) in [5.41, 5.74) is 9.18. The lowest BCUT2D eigenvalue weighted by molar-refractivity contribution is 0.0955. The summed E-state index contributed by atoms with van der Waals surface area (Å²) in [4.78, 5) is 16.2. The minimum atomic E-state index is -0.458. The summed E-state index contributed by atoms with van der Waals surface area (Å²) in [7, 11) is 0. The minimum Gasteiger partial charge on any atom is -0.506 e. The number of aromatic hydroxyl groups is 2. The zero-order valence-corrected chi connectivity index (χ0v) is 14.7. The van der Waals surface area contributed by atoms with Gasteiger partial charge in [-0.15, -0.1) is 0 Å². The van der Waals surface area contributed by atoms with Crippen molar-refractivity contribution in [1.82, 2.24) is 10.4 Å². The van der Waals surface area contributed by atoms with Crippen molar-refractivity contribution in [3.05, 3.63) is 45.4 Å². The molecule has 0 saturated carbocycles. The summed E-state index contributed by atoms with van der Waals surface area (Å²) < 4.78 is 0.781. The fraction of sp³-hybridized carbons (Fsp3) is 0. The maximum absolute atomic E-state index is 12.1. The number of phenolic OH excluding ortho intramolecular Hbond substituents is 2. The van der Waals surface area contributed by atoms with Crippen molar-refractivity contribution >= 4 is 62.0 Å². The van der Waals surface area contributed by atoms with E-state index in [1.54, 1.807) is 18.2 Å². The Morgan fingerprint density at radius 3 is 2.80 bits per heavy atom. The molecule has 25 heavy (non-hydrogen) atoms. The Kier molecular flexibility index (Phi) is 4.67. The van der Waals surface area contributed by atoms with Gasteiger partial charge in [0.1, 0.15) is 10.8 Å². The van der Waals surface area contributed by atoms with Gasteiger partial charge in [0.05, 0.1) is 21.5 Å². The molecular weight excluding hydrogens is 387 g/mol. The van der Waals surface area contributed by atoms with E-state index in [2.05, 4.69) is 15.5 Å². The van der Waals surface area contributed by atoms with Crippen LogP contribution in [0.4, 0.5) is 5.13 Å². The van der Waals surface area contributed by atoms with Gasteiger partial charge >= 0.3 is 0 Å². The quantitative estimate of drug-likeness (QED) is 0.399. The Morgan fingerprint density at radius 1 is 1.28 bits per heavy atom. The highest BCUT2D eigenvalue weighted by Crippen LogP contribution is 2.40. The molecule has 0 aliphatic rings. The molecule has 0 aliphatic heterocycles. The molecule has 0 fully saturated rings. The SMILES string of the molecule is Nc1nc2ccc(C(=O)N/N=C\c3cc(Cl)c(O)c(Cl)c3O)cc2s1. The third-order valence-electron chi connectivity index (χ3n) is 3.23. The summed E-state index contributed by atoms with van der Waals surface area (Å²) in [5, 5.41) is 23.2. The van der Waals surface area contributed by atoms with E-state index in [9.17, 15) is 15.0 Å². The van der Waals surface area contributed by atoms with E-state index >= 15 is 0 Å². The van der Waals surface area contributed by atoms with Gasteiger partial charge in [0.2, 0.25) is 0 Å². The maximum atomic E-state index is 12.1. The summed E-state index contributed by atoms with van der Waals surface area (Å²) in [6.45, 7) is 0. The van der Waals surface area contributed by atoms with E-state index in [-0.39, 0.29) is 15.6 Å². The van der Waals surface area contributed by atoms with E-state index in [0.717, 1.165) is 10.9 Å². The Labute approximate surface area is 155 Å². The van der Waals surface area contributed by atoms with Gasteiger partial charge in [-0.3, -0.25) is 4.79 Å². The molecule has 5 N–H and O–H groups in total. The van der Waals surface area contributed by atoms with Crippen LogP contribution >= 0.6 is 34.5 Å². The normalized spacial score (nSPS) is 11.3. The molecular formula is C15H10Cl2N4O3S. The zero-order valence-electron chi connectivity index (χ0n) is 12.3. The predicted octanol–water partition coefficient (Wildman–Crippen LogP) is 3.36. The first kappa shape index (κ1) is 17.3. The number of fused-ring (bicyclic) bond motifs is 1. The zero-order chi connectivity index (χ0) is 18.1. The lowest BCUT2D eigenvalue weighted by atomic mass is 10.2. The van der Waals surface area contributed by atoms with Crippen molar-refractivity contribution in [2.45, 2.75) is 0 Å². The molecule has 128 valence electrons. The molecule has 0 atom stereocenters. The molecule has 2 aromatic carbocycles.